The molecular weight excluding hydrogens is 198 g/mol. The molecule has 1 aromatic heterocycles. The third-order valence-electron chi connectivity index (χ3n) is 2.58. The van der Waals surface area contributed by atoms with Crippen LogP contribution in [0, 0.1) is 0 Å². The van der Waals surface area contributed by atoms with Crippen molar-refractivity contribution >= 4 is 17.3 Å². The van der Waals surface area contributed by atoms with Gasteiger partial charge in [-0.3, -0.25) is 0 Å². The second-order valence-corrected chi connectivity index (χ2v) is 4.03. The molecule has 0 amide bonds. The Morgan fingerprint density at radius 1 is 1.14 bits per heavy atom. The van der Waals surface area contributed by atoms with Gasteiger partial charge < -0.3 is 4.90 Å². The predicted octanol–water partition coefficient (Wildman–Crippen LogP) is 2.51. The molecule has 0 spiro atoms. The highest BCUT2D eigenvalue weighted by molar-refractivity contribution is 6.29. The van der Waals surface area contributed by atoms with E-state index in [1.807, 2.05) is 6.07 Å². The molecule has 1 saturated heterocycles. The summed E-state index contributed by atoms with van der Waals surface area (Å²) in [6.07, 6.45) is 6.99. The van der Waals surface area contributed by atoms with Gasteiger partial charge in [0.1, 0.15) is 0 Å². The lowest BCUT2D eigenvalue weighted by Crippen LogP contribution is -2.23. The van der Waals surface area contributed by atoms with Crippen molar-refractivity contribution in [3.63, 3.8) is 0 Å². The van der Waals surface area contributed by atoms with Gasteiger partial charge in [0.05, 0.1) is 11.9 Å². The quantitative estimate of drug-likeness (QED) is 0.715. The molecule has 1 aliphatic rings. The van der Waals surface area contributed by atoms with Crippen LogP contribution in [0.3, 0.4) is 0 Å². The Morgan fingerprint density at radius 2 is 1.86 bits per heavy atom. The molecule has 0 saturated carbocycles. The largest absolute Gasteiger partial charge is 0.370 e. The van der Waals surface area contributed by atoms with Gasteiger partial charge in [0.15, 0.2) is 5.15 Å². The molecule has 0 unspecified atom stereocenters. The highest BCUT2D eigenvalue weighted by Gasteiger charge is 2.10. The van der Waals surface area contributed by atoms with Gasteiger partial charge >= 0.3 is 0 Å². The fraction of sp³-hybridized carbons (Fsp3) is 0.600. The standard InChI is InChI=1S/C10H14ClN3/c11-10-7-9(8-12-13-10)14-5-3-1-2-4-6-14/h7-8H,1-6H2. The topological polar surface area (TPSA) is 29.0 Å². The van der Waals surface area contributed by atoms with E-state index in [1.165, 1.54) is 25.7 Å². The van der Waals surface area contributed by atoms with E-state index in [0.717, 1.165) is 18.8 Å². The normalized spacial score (nSPS) is 17.9. The molecular formula is C10H14ClN3. The molecule has 2 rings (SSSR count). The number of halogens is 1. The molecule has 0 N–H and O–H groups in total. The molecule has 0 aromatic carbocycles. The van der Waals surface area contributed by atoms with Crippen molar-refractivity contribution in [2.24, 2.45) is 0 Å². The summed E-state index contributed by atoms with van der Waals surface area (Å²) in [5.41, 5.74) is 1.10. The maximum absolute atomic E-state index is 5.80. The van der Waals surface area contributed by atoms with E-state index < -0.39 is 0 Å². The third-order valence-corrected chi connectivity index (χ3v) is 2.77. The fourth-order valence-corrected chi connectivity index (χ4v) is 1.99. The molecule has 0 radical (unpaired) electrons. The van der Waals surface area contributed by atoms with Crippen molar-refractivity contribution < 1.29 is 0 Å². The first kappa shape index (κ1) is 9.71. The molecule has 3 nitrogen and oxygen atoms in total. The van der Waals surface area contributed by atoms with E-state index in [4.69, 9.17) is 11.6 Å². The lowest BCUT2D eigenvalue weighted by atomic mass is 10.2. The Labute approximate surface area is 89.1 Å². The first-order valence-electron chi connectivity index (χ1n) is 5.09. The molecule has 2 heterocycles. The Balaban J connectivity index is 2.12. The van der Waals surface area contributed by atoms with E-state index in [-0.39, 0.29) is 0 Å². The van der Waals surface area contributed by atoms with E-state index >= 15 is 0 Å². The molecule has 76 valence electrons. The van der Waals surface area contributed by atoms with E-state index in [1.54, 1.807) is 6.20 Å². The van der Waals surface area contributed by atoms with E-state index in [9.17, 15) is 0 Å². The highest BCUT2D eigenvalue weighted by Crippen LogP contribution is 2.19. The van der Waals surface area contributed by atoms with Crippen molar-refractivity contribution in [1.29, 1.82) is 0 Å². The molecule has 4 heteroatoms. The van der Waals surface area contributed by atoms with Crippen LogP contribution in [0.4, 0.5) is 5.69 Å². The van der Waals surface area contributed by atoms with Crippen LogP contribution in [0.2, 0.25) is 5.15 Å². The van der Waals surface area contributed by atoms with Crippen molar-refractivity contribution in [2.75, 3.05) is 18.0 Å². The third kappa shape index (κ3) is 2.35. The minimum atomic E-state index is 0.478. The second kappa shape index (κ2) is 4.60. The van der Waals surface area contributed by atoms with Crippen molar-refractivity contribution in [3.05, 3.63) is 17.4 Å². The SMILES string of the molecule is Clc1cc(N2CCCCCC2)cnn1. The van der Waals surface area contributed by atoms with E-state index in [2.05, 4.69) is 15.1 Å². The number of aromatic nitrogens is 2. The number of nitrogens with zero attached hydrogens (tertiary/aromatic N) is 3. The summed E-state index contributed by atoms with van der Waals surface area (Å²) in [4.78, 5) is 2.34. The summed E-state index contributed by atoms with van der Waals surface area (Å²) in [6.45, 7) is 2.23. The lowest BCUT2D eigenvalue weighted by Gasteiger charge is -2.21. The van der Waals surface area contributed by atoms with E-state index in [0.29, 0.717) is 5.15 Å². The fourth-order valence-electron chi connectivity index (χ4n) is 1.83. The molecule has 1 fully saturated rings. The van der Waals surface area contributed by atoms with Crippen LogP contribution in [0.1, 0.15) is 25.7 Å². The summed E-state index contributed by atoms with van der Waals surface area (Å²) >= 11 is 5.80. The summed E-state index contributed by atoms with van der Waals surface area (Å²) in [5.74, 6) is 0. The smallest absolute Gasteiger partial charge is 0.153 e. The number of hydrogen-bond donors (Lipinski definition) is 0. The Hall–Kier alpha value is -0.830. The molecule has 1 aliphatic heterocycles. The summed E-state index contributed by atoms with van der Waals surface area (Å²) in [6, 6.07) is 1.89. The van der Waals surface area contributed by atoms with Crippen LogP contribution in [0.15, 0.2) is 12.3 Å². The molecule has 1 aromatic rings. The zero-order valence-corrected chi connectivity index (χ0v) is 8.87. The Kier molecular flexibility index (Phi) is 3.19. The Bertz CT molecular complexity index is 295. The van der Waals surface area contributed by atoms with Gasteiger partial charge in [-0.05, 0) is 12.8 Å². The summed E-state index contributed by atoms with van der Waals surface area (Å²) < 4.78 is 0. The lowest BCUT2D eigenvalue weighted by molar-refractivity contribution is 0.726. The van der Waals surface area contributed by atoms with Crippen LogP contribution in [-0.4, -0.2) is 23.3 Å². The zero-order valence-electron chi connectivity index (χ0n) is 8.12. The van der Waals surface area contributed by atoms with Crippen molar-refractivity contribution in [3.8, 4) is 0 Å². The first-order valence-corrected chi connectivity index (χ1v) is 5.47. The summed E-state index contributed by atoms with van der Waals surface area (Å²) in [7, 11) is 0. The molecule has 0 bridgehead atoms. The average molecular weight is 212 g/mol. The van der Waals surface area contributed by atoms with Crippen molar-refractivity contribution in [1.82, 2.24) is 10.2 Å². The monoisotopic (exact) mass is 211 g/mol. The molecule has 0 atom stereocenters. The van der Waals surface area contributed by atoms with Crippen LogP contribution in [-0.2, 0) is 0 Å². The number of hydrogen-bond acceptors (Lipinski definition) is 3. The molecule has 0 aliphatic carbocycles. The summed E-state index contributed by atoms with van der Waals surface area (Å²) in [5, 5.41) is 8.09. The van der Waals surface area contributed by atoms with Gasteiger partial charge in [0, 0.05) is 19.2 Å². The average Bonchev–Trinajstić information content (AvgIpc) is 2.45. The highest BCUT2D eigenvalue weighted by atomic mass is 35.5. The second-order valence-electron chi connectivity index (χ2n) is 3.64. The zero-order chi connectivity index (χ0) is 9.80. The first-order chi connectivity index (χ1) is 6.86. The minimum absolute atomic E-state index is 0.478. The van der Waals surface area contributed by atoms with Gasteiger partial charge in [0.25, 0.3) is 0 Å². The van der Waals surface area contributed by atoms with Gasteiger partial charge in [-0.2, -0.15) is 5.10 Å². The van der Waals surface area contributed by atoms with Gasteiger partial charge in [-0.15, -0.1) is 5.10 Å². The van der Waals surface area contributed by atoms with Crippen molar-refractivity contribution in [2.45, 2.75) is 25.7 Å². The van der Waals surface area contributed by atoms with Gasteiger partial charge in [-0.1, -0.05) is 24.4 Å². The van der Waals surface area contributed by atoms with Gasteiger partial charge in [0.2, 0.25) is 0 Å². The van der Waals surface area contributed by atoms with Crippen LogP contribution in [0.5, 0.6) is 0 Å². The minimum Gasteiger partial charge on any atom is -0.370 e. The van der Waals surface area contributed by atoms with Crippen LogP contribution in [0.25, 0.3) is 0 Å². The molecule has 14 heavy (non-hydrogen) atoms. The predicted molar refractivity (Wildman–Crippen MR) is 57.7 cm³/mol. The number of anilines is 1. The number of rotatable bonds is 1. The van der Waals surface area contributed by atoms with Crippen LogP contribution < -0.4 is 4.90 Å². The Morgan fingerprint density at radius 3 is 2.50 bits per heavy atom. The van der Waals surface area contributed by atoms with Gasteiger partial charge in [-0.25, -0.2) is 0 Å². The van der Waals surface area contributed by atoms with Crippen LogP contribution >= 0.6 is 11.6 Å². The maximum Gasteiger partial charge on any atom is 0.153 e. The maximum atomic E-state index is 5.80.